The summed E-state index contributed by atoms with van der Waals surface area (Å²) >= 11 is 1.59. The van der Waals surface area contributed by atoms with Gasteiger partial charge in [-0.1, -0.05) is 24.6 Å². The van der Waals surface area contributed by atoms with E-state index in [2.05, 4.69) is 39.5 Å². The summed E-state index contributed by atoms with van der Waals surface area (Å²) in [5.74, 6) is 3.24. The van der Waals surface area contributed by atoms with Gasteiger partial charge in [0.1, 0.15) is 6.33 Å². The fourth-order valence-corrected chi connectivity index (χ4v) is 4.38. The number of imidazole rings is 1. The van der Waals surface area contributed by atoms with E-state index in [1.165, 1.54) is 23.9 Å². The molecule has 3 aromatic rings. The predicted molar refractivity (Wildman–Crippen MR) is 101 cm³/mol. The number of anilines is 1. The summed E-state index contributed by atoms with van der Waals surface area (Å²) in [4.78, 5) is 14.2. The molecule has 0 atom stereocenters. The van der Waals surface area contributed by atoms with Crippen LogP contribution in [0.4, 0.5) is 5.82 Å². The zero-order valence-corrected chi connectivity index (χ0v) is 14.9. The highest BCUT2D eigenvalue weighted by Crippen LogP contribution is 2.36. The van der Waals surface area contributed by atoms with E-state index in [4.69, 9.17) is 17.1 Å². The number of aromatic nitrogens is 4. The van der Waals surface area contributed by atoms with Crippen molar-refractivity contribution in [2.45, 2.75) is 49.2 Å². The number of nitrogens with zero attached hydrogens (tertiary/aromatic N) is 4. The normalized spacial score (nSPS) is 13.1. The maximum Gasteiger partial charge on any atom is 0.175 e. The fourth-order valence-electron chi connectivity index (χ4n) is 3.33. The molecule has 2 N–H and O–H groups in total. The fraction of sp³-hybridized carbons (Fsp3) is 0.316. The van der Waals surface area contributed by atoms with Crippen LogP contribution in [-0.2, 0) is 19.4 Å². The lowest BCUT2D eigenvalue weighted by atomic mass is 10.1. The summed E-state index contributed by atoms with van der Waals surface area (Å²) in [7, 11) is 0. The van der Waals surface area contributed by atoms with E-state index in [-0.39, 0.29) is 0 Å². The number of aryl methyl sites for hydroxylation is 3. The molecule has 0 bridgehead atoms. The van der Waals surface area contributed by atoms with Gasteiger partial charge in [-0.2, -0.15) is 0 Å². The molecule has 6 heteroatoms. The smallest absolute Gasteiger partial charge is 0.175 e. The summed E-state index contributed by atoms with van der Waals surface area (Å²) in [6.07, 6.45) is 11.7. The summed E-state index contributed by atoms with van der Waals surface area (Å²) in [5, 5.41) is 0.860. The number of nitrogen functional groups attached to an aromatic ring is 1. The Hall–Kier alpha value is -2.52. The molecule has 0 fully saturated rings. The van der Waals surface area contributed by atoms with Gasteiger partial charge in [-0.3, -0.25) is 0 Å². The van der Waals surface area contributed by atoms with Crippen molar-refractivity contribution in [3.8, 4) is 12.3 Å². The van der Waals surface area contributed by atoms with E-state index in [0.717, 1.165) is 47.1 Å². The second-order valence-corrected chi connectivity index (χ2v) is 7.20. The van der Waals surface area contributed by atoms with Gasteiger partial charge in [-0.25, -0.2) is 15.0 Å². The quantitative estimate of drug-likeness (QED) is 0.731. The Morgan fingerprint density at radius 2 is 2.08 bits per heavy atom. The maximum absolute atomic E-state index is 5.99. The first-order valence-corrected chi connectivity index (χ1v) is 9.30. The van der Waals surface area contributed by atoms with E-state index < -0.39 is 0 Å². The molecule has 0 saturated heterocycles. The van der Waals surface area contributed by atoms with Gasteiger partial charge in [0.15, 0.2) is 22.1 Å². The summed E-state index contributed by atoms with van der Waals surface area (Å²) < 4.78 is 2.10. The van der Waals surface area contributed by atoms with Crippen molar-refractivity contribution < 1.29 is 0 Å². The van der Waals surface area contributed by atoms with Gasteiger partial charge in [0, 0.05) is 17.0 Å². The van der Waals surface area contributed by atoms with Crippen LogP contribution in [0.2, 0.25) is 0 Å². The Labute approximate surface area is 151 Å². The van der Waals surface area contributed by atoms with Gasteiger partial charge in [-0.05, 0) is 48.9 Å². The van der Waals surface area contributed by atoms with E-state index in [1.807, 2.05) is 0 Å². The molecule has 0 aliphatic heterocycles. The minimum Gasteiger partial charge on any atom is -0.382 e. The van der Waals surface area contributed by atoms with Gasteiger partial charge < -0.3 is 10.3 Å². The molecule has 126 valence electrons. The Balaban J connectivity index is 1.82. The molecular formula is C19H19N5S. The van der Waals surface area contributed by atoms with Crippen LogP contribution in [0.1, 0.15) is 36.5 Å². The molecule has 1 aliphatic carbocycles. The molecular weight excluding hydrogens is 330 g/mol. The zero-order chi connectivity index (χ0) is 17.4. The monoisotopic (exact) mass is 349 g/mol. The summed E-state index contributed by atoms with van der Waals surface area (Å²) in [5.41, 5.74) is 11.1. The van der Waals surface area contributed by atoms with Crippen LogP contribution in [0.25, 0.3) is 11.2 Å². The molecule has 5 nitrogen and oxygen atoms in total. The van der Waals surface area contributed by atoms with Crippen molar-refractivity contribution in [1.82, 2.24) is 19.5 Å². The standard InChI is InChI=1S/C19H19N5S/c1-3-8-24-18-16(17(20)21-11-22-18)23-19(24)25-15-10-14-7-5-6-13(14)9-12(15)4-2/h2,9-11H,3,5-8H2,1H3,(H2,20,21,22). The number of benzene rings is 1. The SMILES string of the molecule is C#Cc1cc2c(cc1Sc1nc3c(N)ncnc3n1CCC)CCC2. The van der Waals surface area contributed by atoms with Crippen LogP contribution in [0, 0.1) is 12.3 Å². The second kappa shape index (κ2) is 6.41. The number of rotatable bonds is 4. The summed E-state index contributed by atoms with van der Waals surface area (Å²) in [6.45, 7) is 2.96. The zero-order valence-electron chi connectivity index (χ0n) is 14.1. The molecule has 0 spiro atoms. The molecule has 0 unspecified atom stereocenters. The number of hydrogen-bond donors (Lipinski definition) is 1. The van der Waals surface area contributed by atoms with Crippen LogP contribution in [0.15, 0.2) is 28.5 Å². The van der Waals surface area contributed by atoms with Crippen LogP contribution >= 0.6 is 11.8 Å². The lowest BCUT2D eigenvalue weighted by molar-refractivity contribution is 0.633. The molecule has 0 amide bonds. The molecule has 2 heterocycles. The highest BCUT2D eigenvalue weighted by atomic mass is 32.2. The van der Waals surface area contributed by atoms with Crippen molar-refractivity contribution in [1.29, 1.82) is 0 Å². The van der Waals surface area contributed by atoms with Crippen LogP contribution in [0.5, 0.6) is 0 Å². The highest BCUT2D eigenvalue weighted by Gasteiger charge is 2.19. The van der Waals surface area contributed by atoms with Gasteiger partial charge in [0.25, 0.3) is 0 Å². The van der Waals surface area contributed by atoms with Crippen LogP contribution < -0.4 is 5.73 Å². The topological polar surface area (TPSA) is 69.6 Å². The molecule has 4 rings (SSSR count). The molecule has 0 saturated carbocycles. The van der Waals surface area contributed by atoms with Gasteiger partial charge in [-0.15, -0.1) is 6.42 Å². The van der Waals surface area contributed by atoms with Gasteiger partial charge >= 0.3 is 0 Å². The molecule has 1 aromatic carbocycles. The number of terminal acetylenes is 1. The Kier molecular flexibility index (Phi) is 4.10. The Morgan fingerprint density at radius 3 is 2.84 bits per heavy atom. The third-order valence-corrected chi connectivity index (χ3v) is 5.58. The largest absolute Gasteiger partial charge is 0.382 e. The van der Waals surface area contributed by atoms with Gasteiger partial charge in [0.05, 0.1) is 0 Å². The lowest BCUT2D eigenvalue weighted by Crippen LogP contribution is -2.01. The third kappa shape index (κ3) is 2.75. The lowest BCUT2D eigenvalue weighted by Gasteiger charge is -2.10. The number of nitrogens with two attached hydrogens (primary N) is 1. The summed E-state index contributed by atoms with van der Waals surface area (Å²) in [6, 6.07) is 4.39. The van der Waals surface area contributed by atoms with Crippen molar-refractivity contribution in [2.24, 2.45) is 0 Å². The van der Waals surface area contributed by atoms with Crippen molar-refractivity contribution in [3.63, 3.8) is 0 Å². The minimum atomic E-state index is 0.410. The first kappa shape index (κ1) is 16.0. The second-order valence-electron chi connectivity index (χ2n) is 6.19. The number of hydrogen-bond acceptors (Lipinski definition) is 5. The van der Waals surface area contributed by atoms with Crippen molar-refractivity contribution >= 4 is 28.7 Å². The average Bonchev–Trinajstić information content (AvgIpc) is 3.20. The minimum absolute atomic E-state index is 0.410. The molecule has 1 aliphatic rings. The molecule has 0 radical (unpaired) electrons. The Bertz CT molecular complexity index is 999. The first-order valence-electron chi connectivity index (χ1n) is 8.48. The number of fused-ring (bicyclic) bond motifs is 2. The van der Waals surface area contributed by atoms with Gasteiger partial charge in [0.2, 0.25) is 0 Å². The van der Waals surface area contributed by atoms with E-state index in [0.29, 0.717) is 11.3 Å². The van der Waals surface area contributed by atoms with E-state index >= 15 is 0 Å². The average molecular weight is 349 g/mol. The van der Waals surface area contributed by atoms with Crippen molar-refractivity contribution in [2.75, 3.05) is 5.73 Å². The maximum atomic E-state index is 5.99. The third-order valence-electron chi connectivity index (χ3n) is 4.52. The predicted octanol–water partition coefficient (Wildman–Crippen LogP) is 3.44. The van der Waals surface area contributed by atoms with E-state index in [1.54, 1.807) is 11.8 Å². The molecule has 2 aromatic heterocycles. The van der Waals surface area contributed by atoms with Crippen LogP contribution in [-0.4, -0.2) is 19.5 Å². The first-order chi connectivity index (χ1) is 12.2. The molecule has 25 heavy (non-hydrogen) atoms. The van der Waals surface area contributed by atoms with Crippen LogP contribution in [0.3, 0.4) is 0 Å². The highest BCUT2D eigenvalue weighted by molar-refractivity contribution is 7.99. The van der Waals surface area contributed by atoms with E-state index in [9.17, 15) is 0 Å². The van der Waals surface area contributed by atoms with Crippen molar-refractivity contribution in [3.05, 3.63) is 35.2 Å². The Morgan fingerprint density at radius 1 is 1.28 bits per heavy atom.